The number of aromatic amines is 1. The molecule has 0 bridgehead atoms. The Balaban J connectivity index is 1.95. The van der Waals surface area contributed by atoms with Crippen LogP contribution < -0.4 is 11.1 Å². The van der Waals surface area contributed by atoms with Crippen molar-refractivity contribution in [2.75, 3.05) is 5.32 Å². The summed E-state index contributed by atoms with van der Waals surface area (Å²) >= 11 is 0. The van der Waals surface area contributed by atoms with Gasteiger partial charge in [0, 0.05) is 11.8 Å². The zero-order valence-electron chi connectivity index (χ0n) is 9.55. The predicted octanol–water partition coefficient (Wildman–Crippen LogP) is 1.18. The molecular formula is C11H18N4O. The number of anilines is 1. The molecule has 1 aromatic rings. The minimum Gasteiger partial charge on any atom is -0.317 e. The molecule has 1 saturated carbocycles. The van der Waals surface area contributed by atoms with Crippen molar-refractivity contribution in [3.05, 3.63) is 11.8 Å². The Hall–Kier alpha value is -1.36. The van der Waals surface area contributed by atoms with Crippen LogP contribution in [-0.4, -0.2) is 21.6 Å². The second-order valence-electron chi connectivity index (χ2n) is 4.49. The molecule has 0 saturated heterocycles. The van der Waals surface area contributed by atoms with Crippen LogP contribution in [0.15, 0.2) is 6.07 Å². The molecule has 1 amide bonds. The molecular weight excluding hydrogens is 204 g/mol. The second-order valence-corrected chi connectivity index (χ2v) is 4.49. The number of H-pyrrole nitrogens is 1. The van der Waals surface area contributed by atoms with Gasteiger partial charge in [-0.3, -0.25) is 9.89 Å². The van der Waals surface area contributed by atoms with Gasteiger partial charge < -0.3 is 11.1 Å². The van der Waals surface area contributed by atoms with E-state index in [0.717, 1.165) is 37.8 Å². The van der Waals surface area contributed by atoms with Gasteiger partial charge >= 0.3 is 0 Å². The maximum absolute atomic E-state index is 11.8. The van der Waals surface area contributed by atoms with E-state index in [2.05, 4.69) is 22.4 Å². The second kappa shape index (κ2) is 4.25. The average molecular weight is 222 g/mol. The molecule has 5 nitrogen and oxygen atoms in total. The molecule has 0 radical (unpaired) electrons. The van der Waals surface area contributed by atoms with E-state index in [9.17, 15) is 4.79 Å². The fourth-order valence-electron chi connectivity index (χ4n) is 1.85. The average Bonchev–Trinajstić information content (AvgIpc) is 2.62. The lowest BCUT2D eigenvalue weighted by Gasteiger charge is -2.35. The molecule has 16 heavy (non-hydrogen) atoms. The smallest absolute Gasteiger partial charge is 0.245 e. The number of aryl methyl sites for hydroxylation is 1. The van der Waals surface area contributed by atoms with Crippen molar-refractivity contribution >= 4 is 11.7 Å². The molecule has 1 fully saturated rings. The summed E-state index contributed by atoms with van der Waals surface area (Å²) in [6, 6.07) is 1.86. The lowest BCUT2D eigenvalue weighted by Crippen LogP contribution is -2.56. The molecule has 0 aromatic carbocycles. The number of hydrogen-bond acceptors (Lipinski definition) is 3. The highest BCUT2D eigenvalue weighted by atomic mass is 16.2. The first-order chi connectivity index (χ1) is 7.64. The minimum atomic E-state index is -0.663. The Bertz CT molecular complexity index is 381. The lowest BCUT2D eigenvalue weighted by molar-refractivity contribution is -0.123. The van der Waals surface area contributed by atoms with Crippen molar-refractivity contribution in [1.29, 1.82) is 0 Å². The van der Waals surface area contributed by atoms with E-state index in [1.54, 1.807) is 0 Å². The van der Waals surface area contributed by atoms with Crippen molar-refractivity contribution in [3.63, 3.8) is 0 Å². The van der Waals surface area contributed by atoms with Gasteiger partial charge in [0.05, 0.1) is 5.54 Å². The number of carbonyl (C=O) groups is 1. The maximum atomic E-state index is 11.8. The molecule has 1 aliphatic rings. The maximum Gasteiger partial charge on any atom is 0.245 e. The number of nitrogens with two attached hydrogens (primary N) is 1. The zero-order valence-corrected chi connectivity index (χ0v) is 9.55. The molecule has 0 atom stereocenters. The fraction of sp³-hybridized carbons (Fsp3) is 0.636. The third-order valence-electron chi connectivity index (χ3n) is 3.09. The summed E-state index contributed by atoms with van der Waals surface area (Å²) in [5.74, 6) is 0.457. The van der Waals surface area contributed by atoms with Gasteiger partial charge in [0.15, 0.2) is 5.82 Å². The van der Waals surface area contributed by atoms with Crippen LogP contribution in [0.1, 0.15) is 38.3 Å². The summed E-state index contributed by atoms with van der Waals surface area (Å²) in [7, 11) is 0. The van der Waals surface area contributed by atoms with Crippen LogP contribution in [0.25, 0.3) is 0 Å². The van der Waals surface area contributed by atoms with Crippen LogP contribution in [-0.2, 0) is 11.2 Å². The van der Waals surface area contributed by atoms with Crippen LogP contribution in [0.3, 0.4) is 0 Å². The number of hydrogen-bond donors (Lipinski definition) is 3. The molecule has 1 aromatic heterocycles. The van der Waals surface area contributed by atoms with E-state index >= 15 is 0 Å². The summed E-state index contributed by atoms with van der Waals surface area (Å²) in [6.07, 6.45) is 4.56. The monoisotopic (exact) mass is 222 g/mol. The predicted molar refractivity (Wildman–Crippen MR) is 62.0 cm³/mol. The van der Waals surface area contributed by atoms with Crippen molar-refractivity contribution in [2.45, 2.75) is 44.6 Å². The quantitative estimate of drug-likeness (QED) is 0.715. The number of nitrogens with one attached hydrogen (secondary N) is 2. The van der Waals surface area contributed by atoms with E-state index in [4.69, 9.17) is 5.73 Å². The van der Waals surface area contributed by atoms with Gasteiger partial charge in [-0.2, -0.15) is 5.10 Å². The highest BCUT2D eigenvalue weighted by Crippen LogP contribution is 2.30. The molecule has 1 aliphatic carbocycles. The van der Waals surface area contributed by atoms with Gasteiger partial charge in [-0.05, 0) is 25.7 Å². The molecule has 0 aliphatic heterocycles. The summed E-state index contributed by atoms with van der Waals surface area (Å²) in [5.41, 5.74) is 6.29. The minimum absolute atomic E-state index is 0.117. The number of aromatic nitrogens is 2. The number of carbonyl (C=O) groups excluding carboxylic acids is 1. The molecule has 2 rings (SSSR count). The summed E-state index contributed by atoms with van der Waals surface area (Å²) < 4.78 is 0. The fourth-order valence-corrected chi connectivity index (χ4v) is 1.85. The van der Waals surface area contributed by atoms with E-state index in [1.807, 2.05) is 6.07 Å². The first-order valence-electron chi connectivity index (χ1n) is 5.79. The van der Waals surface area contributed by atoms with Crippen LogP contribution in [0.5, 0.6) is 0 Å². The highest BCUT2D eigenvalue weighted by Gasteiger charge is 2.40. The standard InChI is InChI=1S/C11H18N4O/c1-2-4-8-7-9(15-14-8)13-10(16)11(12)5-3-6-11/h7H,2-6,12H2,1H3,(H2,13,14,15,16). The highest BCUT2D eigenvalue weighted by molar-refractivity contribution is 5.97. The molecule has 4 N–H and O–H groups in total. The molecule has 0 unspecified atom stereocenters. The first kappa shape index (κ1) is 11.1. The number of nitrogens with zero attached hydrogens (tertiary/aromatic N) is 1. The zero-order chi connectivity index (χ0) is 11.6. The first-order valence-corrected chi connectivity index (χ1v) is 5.79. The molecule has 88 valence electrons. The molecule has 1 heterocycles. The van der Waals surface area contributed by atoms with Crippen molar-refractivity contribution in [1.82, 2.24) is 10.2 Å². The summed E-state index contributed by atoms with van der Waals surface area (Å²) in [5, 5.41) is 9.69. The van der Waals surface area contributed by atoms with E-state index in [-0.39, 0.29) is 5.91 Å². The van der Waals surface area contributed by atoms with Gasteiger partial charge in [0.25, 0.3) is 0 Å². The van der Waals surface area contributed by atoms with Crippen LogP contribution in [0.4, 0.5) is 5.82 Å². The van der Waals surface area contributed by atoms with Crippen LogP contribution >= 0.6 is 0 Å². The third kappa shape index (κ3) is 2.09. The Kier molecular flexibility index (Phi) is 2.96. The third-order valence-corrected chi connectivity index (χ3v) is 3.09. The van der Waals surface area contributed by atoms with Gasteiger partial charge in [-0.1, -0.05) is 13.3 Å². The molecule has 5 heteroatoms. The largest absolute Gasteiger partial charge is 0.317 e. The van der Waals surface area contributed by atoms with Gasteiger partial charge in [0.1, 0.15) is 0 Å². The van der Waals surface area contributed by atoms with Crippen LogP contribution in [0, 0.1) is 0 Å². The lowest BCUT2D eigenvalue weighted by atomic mass is 9.77. The number of rotatable bonds is 4. The van der Waals surface area contributed by atoms with E-state index < -0.39 is 5.54 Å². The van der Waals surface area contributed by atoms with Crippen molar-refractivity contribution in [2.24, 2.45) is 5.73 Å². The van der Waals surface area contributed by atoms with Gasteiger partial charge in [-0.15, -0.1) is 0 Å². The Morgan fingerprint density at radius 2 is 2.44 bits per heavy atom. The van der Waals surface area contributed by atoms with E-state index in [0.29, 0.717) is 5.82 Å². The van der Waals surface area contributed by atoms with Crippen molar-refractivity contribution in [3.8, 4) is 0 Å². The van der Waals surface area contributed by atoms with Crippen LogP contribution in [0.2, 0.25) is 0 Å². The van der Waals surface area contributed by atoms with Crippen molar-refractivity contribution < 1.29 is 4.79 Å². The SMILES string of the molecule is CCCc1cc(NC(=O)C2(N)CCC2)n[nH]1. The Labute approximate surface area is 94.8 Å². The summed E-state index contributed by atoms with van der Waals surface area (Å²) in [4.78, 5) is 11.8. The van der Waals surface area contributed by atoms with Gasteiger partial charge in [0.2, 0.25) is 5.91 Å². The topological polar surface area (TPSA) is 83.8 Å². The van der Waals surface area contributed by atoms with E-state index in [1.165, 1.54) is 0 Å². The molecule has 0 spiro atoms. The van der Waals surface area contributed by atoms with Gasteiger partial charge in [-0.25, -0.2) is 0 Å². The number of amides is 1. The Morgan fingerprint density at radius 1 is 1.69 bits per heavy atom. The normalized spacial score (nSPS) is 17.9. The summed E-state index contributed by atoms with van der Waals surface area (Å²) in [6.45, 7) is 2.10. The Morgan fingerprint density at radius 3 is 3.00 bits per heavy atom.